The summed E-state index contributed by atoms with van der Waals surface area (Å²) in [4.78, 5) is 42.0. The Morgan fingerprint density at radius 1 is 0.889 bits per heavy atom. The monoisotopic (exact) mass is 505 g/mol. The molecule has 0 bridgehead atoms. The summed E-state index contributed by atoms with van der Waals surface area (Å²) in [5, 5.41) is 3.09. The van der Waals surface area contributed by atoms with Crippen LogP contribution >= 0.6 is 0 Å². The lowest BCUT2D eigenvalue weighted by Crippen LogP contribution is -2.70. The van der Waals surface area contributed by atoms with Gasteiger partial charge in [-0.1, -0.05) is 71.3 Å². The van der Waals surface area contributed by atoms with E-state index in [4.69, 9.17) is 4.74 Å². The normalized spacial score (nSPS) is 20.6. The van der Waals surface area contributed by atoms with E-state index in [1.165, 1.54) is 49.8 Å². The SMILES string of the molecule is C=C(C)C(=O)OCCN1C(C)(C)CC2(CC1(C)C)NC(=O)N(CCCCCCCCCCCC)C2=O. The molecule has 2 saturated heterocycles. The molecule has 0 aromatic carbocycles. The van der Waals surface area contributed by atoms with Gasteiger partial charge in [0.25, 0.3) is 5.91 Å². The predicted octanol–water partition coefficient (Wildman–Crippen LogP) is 5.97. The number of amides is 3. The molecule has 2 fully saturated rings. The first-order valence-electron chi connectivity index (χ1n) is 14.1. The first-order chi connectivity index (χ1) is 16.9. The van der Waals surface area contributed by atoms with Gasteiger partial charge in [0.05, 0.1) is 0 Å². The summed E-state index contributed by atoms with van der Waals surface area (Å²) in [6, 6.07) is -0.258. The van der Waals surface area contributed by atoms with Gasteiger partial charge in [-0.2, -0.15) is 0 Å². The van der Waals surface area contributed by atoms with Crippen LogP contribution in [0.3, 0.4) is 0 Å². The minimum absolute atomic E-state index is 0.0852. The van der Waals surface area contributed by atoms with Crippen molar-refractivity contribution >= 4 is 17.9 Å². The van der Waals surface area contributed by atoms with Crippen molar-refractivity contribution < 1.29 is 19.1 Å². The lowest BCUT2D eigenvalue weighted by Gasteiger charge is -2.57. The van der Waals surface area contributed by atoms with Gasteiger partial charge in [0.1, 0.15) is 12.1 Å². The van der Waals surface area contributed by atoms with Crippen molar-refractivity contribution in [2.45, 2.75) is 135 Å². The largest absolute Gasteiger partial charge is 0.461 e. The standard InChI is InChI=1S/C29H51N3O4/c1-8-9-10-11-12-13-14-15-16-17-18-31-25(34)29(30-26(31)35)21-27(4,5)32(28(6,7)22-29)19-20-36-24(33)23(2)3/h2,8-22H2,1,3-7H3,(H,30,35). The zero-order valence-electron chi connectivity index (χ0n) is 23.8. The highest BCUT2D eigenvalue weighted by Crippen LogP contribution is 2.45. The number of hydrogen-bond donors (Lipinski definition) is 1. The molecule has 0 aromatic rings. The third-order valence-electron chi connectivity index (χ3n) is 7.81. The maximum absolute atomic E-state index is 13.6. The zero-order chi connectivity index (χ0) is 27.0. The van der Waals surface area contributed by atoms with E-state index in [-0.39, 0.29) is 35.6 Å². The first-order valence-corrected chi connectivity index (χ1v) is 14.1. The van der Waals surface area contributed by atoms with Crippen LogP contribution in [-0.2, 0) is 14.3 Å². The summed E-state index contributed by atoms with van der Waals surface area (Å²) in [5.41, 5.74) is -1.23. The van der Waals surface area contributed by atoms with E-state index in [0.717, 1.165) is 19.3 Å². The van der Waals surface area contributed by atoms with Gasteiger partial charge in [-0.15, -0.1) is 0 Å². The number of nitrogens with zero attached hydrogens (tertiary/aromatic N) is 2. The minimum atomic E-state index is -0.881. The molecule has 1 spiro atoms. The highest BCUT2D eigenvalue weighted by atomic mass is 16.5. The third kappa shape index (κ3) is 7.80. The second-order valence-electron chi connectivity index (χ2n) is 12.2. The molecule has 2 heterocycles. The molecule has 0 atom stereocenters. The molecule has 1 N–H and O–H groups in total. The van der Waals surface area contributed by atoms with E-state index in [9.17, 15) is 14.4 Å². The van der Waals surface area contributed by atoms with Gasteiger partial charge < -0.3 is 10.1 Å². The number of imide groups is 1. The number of hydrogen-bond acceptors (Lipinski definition) is 5. The third-order valence-corrected chi connectivity index (χ3v) is 7.81. The fraction of sp³-hybridized carbons (Fsp3) is 0.828. The van der Waals surface area contributed by atoms with E-state index in [2.05, 4.69) is 51.4 Å². The number of urea groups is 1. The molecule has 2 aliphatic rings. The van der Waals surface area contributed by atoms with Crippen molar-refractivity contribution in [2.75, 3.05) is 19.7 Å². The van der Waals surface area contributed by atoms with Crippen LogP contribution in [0.5, 0.6) is 0 Å². The lowest BCUT2D eigenvalue weighted by molar-refractivity contribution is -0.145. The Balaban J connectivity index is 1.87. The number of carbonyl (C=O) groups is 3. The van der Waals surface area contributed by atoms with Crippen molar-refractivity contribution in [3.8, 4) is 0 Å². The van der Waals surface area contributed by atoms with Crippen LogP contribution in [0.2, 0.25) is 0 Å². The van der Waals surface area contributed by atoms with Gasteiger partial charge in [0.15, 0.2) is 0 Å². The second-order valence-corrected chi connectivity index (χ2v) is 12.2. The van der Waals surface area contributed by atoms with Crippen molar-refractivity contribution in [3.05, 3.63) is 12.2 Å². The van der Waals surface area contributed by atoms with E-state index < -0.39 is 5.54 Å². The molecule has 0 unspecified atom stereocenters. The molecule has 36 heavy (non-hydrogen) atoms. The molecule has 0 radical (unpaired) electrons. The number of nitrogens with one attached hydrogen (secondary N) is 1. The summed E-state index contributed by atoms with van der Waals surface area (Å²) in [6.07, 6.45) is 13.2. The molecule has 7 heteroatoms. The number of likely N-dealkylation sites (tertiary alicyclic amines) is 1. The molecule has 3 amide bonds. The molecule has 2 rings (SSSR count). The highest BCUT2D eigenvalue weighted by molar-refractivity contribution is 6.07. The Hall–Kier alpha value is -1.89. The molecular weight excluding hydrogens is 454 g/mol. The Labute approximate surface area is 219 Å². The van der Waals surface area contributed by atoms with Crippen LogP contribution in [0.4, 0.5) is 4.79 Å². The Bertz CT molecular complexity index is 771. The summed E-state index contributed by atoms with van der Waals surface area (Å²) >= 11 is 0. The van der Waals surface area contributed by atoms with E-state index in [1.807, 2.05) is 0 Å². The van der Waals surface area contributed by atoms with Gasteiger partial charge in [0, 0.05) is 29.7 Å². The number of esters is 1. The van der Waals surface area contributed by atoms with Gasteiger partial charge in [0.2, 0.25) is 0 Å². The van der Waals surface area contributed by atoms with E-state index >= 15 is 0 Å². The summed E-state index contributed by atoms with van der Waals surface area (Å²) in [6.45, 7) is 17.2. The maximum atomic E-state index is 13.6. The number of ether oxygens (including phenoxy) is 1. The number of carbonyl (C=O) groups excluding carboxylic acids is 3. The summed E-state index contributed by atoms with van der Waals surface area (Å²) < 4.78 is 5.34. The summed E-state index contributed by atoms with van der Waals surface area (Å²) in [5.74, 6) is -0.474. The van der Waals surface area contributed by atoms with Crippen molar-refractivity contribution in [1.82, 2.24) is 15.1 Å². The molecule has 0 saturated carbocycles. The fourth-order valence-corrected chi connectivity index (χ4v) is 6.38. The van der Waals surface area contributed by atoms with Gasteiger partial charge in [-0.3, -0.25) is 14.6 Å². The van der Waals surface area contributed by atoms with Crippen molar-refractivity contribution in [1.29, 1.82) is 0 Å². The Morgan fingerprint density at radius 3 is 1.89 bits per heavy atom. The average Bonchev–Trinajstić information content (AvgIpc) is 2.98. The first kappa shape index (κ1) is 30.3. The Kier molecular flexibility index (Phi) is 11.0. The maximum Gasteiger partial charge on any atom is 0.333 e. The zero-order valence-corrected chi connectivity index (χ0v) is 23.8. The number of rotatable bonds is 15. The van der Waals surface area contributed by atoms with Gasteiger partial charge in [-0.25, -0.2) is 9.59 Å². The molecular formula is C29H51N3O4. The molecule has 7 nitrogen and oxygen atoms in total. The number of unbranched alkanes of at least 4 members (excludes halogenated alkanes) is 9. The minimum Gasteiger partial charge on any atom is -0.461 e. The summed E-state index contributed by atoms with van der Waals surface area (Å²) in [7, 11) is 0. The Morgan fingerprint density at radius 2 is 1.39 bits per heavy atom. The second kappa shape index (κ2) is 13.1. The highest BCUT2D eigenvalue weighted by Gasteiger charge is 2.60. The van der Waals surface area contributed by atoms with Gasteiger partial charge >= 0.3 is 12.0 Å². The lowest BCUT2D eigenvalue weighted by atomic mass is 9.69. The molecule has 0 aliphatic carbocycles. The molecule has 206 valence electrons. The smallest absolute Gasteiger partial charge is 0.333 e. The molecule has 0 aromatic heterocycles. The quantitative estimate of drug-likeness (QED) is 0.128. The molecule has 2 aliphatic heterocycles. The van der Waals surface area contributed by atoms with Crippen LogP contribution in [-0.4, -0.2) is 64.0 Å². The van der Waals surface area contributed by atoms with Crippen LogP contribution in [0, 0.1) is 0 Å². The van der Waals surface area contributed by atoms with Crippen molar-refractivity contribution in [3.63, 3.8) is 0 Å². The average molecular weight is 506 g/mol. The van der Waals surface area contributed by atoms with Crippen LogP contribution in [0.15, 0.2) is 12.2 Å². The van der Waals surface area contributed by atoms with Crippen LogP contribution < -0.4 is 5.32 Å². The van der Waals surface area contributed by atoms with Crippen molar-refractivity contribution in [2.24, 2.45) is 0 Å². The topological polar surface area (TPSA) is 79.0 Å². The van der Waals surface area contributed by atoms with E-state index in [1.54, 1.807) is 6.92 Å². The van der Waals surface area contributed by atoms with Gasteiger partial charge in [-0.05, 0) is 53.9 Å². The van der Waals surface area contributed by atoms with E-state index in [0.29, 0.717) is 31.5 Å². The predicted molar refractivity (Wildman–Crippen MR) is 145 cm³/mol. The fourth-order valence-electron chi connectivity index (χ4n) is 6.38. The van der Waals surface area contributed by atoms with Crippen LogP contribution in [0.1, 0.15) is 119 Å². The number of piperidine rings is 1. The van der Waals surface area contributed by atoms with Crippen LogP contribution in [0.25, 0.3) is 0 Å².